The number of benzene rings is 2. The van der Waals surface area contributed by atoms with Crippen molar-refractivity contribution >= 4 is 52.5 Å². The number of rotatable bonds is 11. The fourth-order valence-corrected chi connectivity index (χ4v) is 4.10. The van der Waals surface area contributed by atoms with Gasteiger partial charge in [-0.05, 0) is 42.9 Å². The average Bonchev–Trinajstić information content (AvgIpc) is 2.78. The van der Waals surface area contributed by atoms with Gasteiger partial charge in [-0.2, -0.15) is 4.98 Å². The Morgan fingerprint density at radius 2 is 1.84 bits per heavy atom. The predicted molar refractivity (Wildman–Crippen MR) is 136 cm³/mol. The topological polar surface area (TPSA) is 80.9 Å². The highest BCUT2D eigenvalue weighted by atomic mass is 35.5. The second kappa shape index (κ2) is 12.1. The smallest absolute Gasteiger partial charge is 0.222 e. The summed E-state index contributed by atoms with van der Waals surface area (Å²) in [5.74, 6) is 1.08. The summed E-state index contributed by atoms with van der Waals surface area (Å²) in [5.41, 5.74) is 8.27. The number of anilines is 2. The van der Waals surface area contributed by atoms with Crippen molar-refractivity contribution < 1.29 is 4.79 Å². The molecule has 0 fully saturated rings. The maximum Gasteiger partial charge on any atom is 0.222 e. The van der Waals surface area contributed by atoms with E-state index in [0.29, 0.717) is 40.0 Å². The van der Waals surface area contributed by atoms with Crippen molar-refractivity contribution in [1.82, 2.24) is 9.97 Å². The maximum atomic E-state index is 12.2. The zero-order chi connectivity index (χ0) is 22.9. The van der Waals surface area contributed by atoms with Crippen LogP contribution in [0.4, 0.5) is 11.8 Å². The quantitative estimate of drug-likeness (QED) is 0.235. The molecule has 0 unspecified atom stereocenters. The number of aromatic nitrogens is 2. The van der Waals surface area contributed by atoms with Crippen molar-refractivity contribution in [3.8, 4) is 11.3 Å². The summed E-state index contributed by atoms with van der Waals surface area (Å²) in [4.78, 5) is 21.9. The molecule has 0 bridgehead atoms. The van der Waals surface area contributed by atoms with Gasteiger partial charge in [-0.25, -0.2) is 4.98 Å². The molecule has 3 N–H and O–H groups in total. The fraction of sp³-hybridized carbons (Fsp3) is 0.292. The third-order valence-corrected chi connectivity index (χ3v) is 6.53. The van der Waals surface area contributed by atoms with E-state index in [9.17, 15) is 4.79 Å². The number of unbranched alkanes of at least 4 members (excludes halogenated alkanes) is 2. The first kappa shape index (κ1) is 24.4. The number of thioether (sulfide) groups is 1. The van der Waals surface area contributed by atoms with Gasteiger partial charge in [-0.1, -0.05) is 53.9 Å². The first-order valence-electron chi connectivity index (χ1n) is 10.4. The van der Waals surface area contributed by atoms with Crippen LogP contribution in [0.15, 0.2) is 53.4 Å². The molecule has 8 heteroatoms. The van der Waals surface area contributed by atoms with Crippen molar-refractivity contribution in [2.45, 2.75) is 37.0 Å². The van der Waals surface area contributed by atoms with Crippen LogP contribution in [0.25, 0.3) is 11.3 Å². The molecule has 0 radical (unpaired) electrons. The predicted octanol–water partition coefficient (Wildman–Crippen LogP) is 6.54. The van der Waals surface area contributed by atoms with Gasteiger partial charge in [0.25, 0.3) is 0 Å². The van der Waals surface area contributed by atoms with Gasteiger partial charge in [-0.15, -0.1) is 11.8 Å². The lowest BCUT2D eigenvalue weighted by Gasteiger charge is -2.10. The molecule has 0 aliphatic heterocycles. The molecule has 3 rings (SSSR count). The first-order valence-corrected chi connectivity index (χ1v) is 12.4. The average molecular weight is 489 g/mol. The number of hydrogen-bond acceptors (Lipinski definition) is 6. The highest BCUT2D eigenvalue weighted by molar-refractivity contribution is 7.98. The zero-order valence-corrected chi connectivity index (χ0v) is 20.2. The zero-order valence-electron chi connectivity index (χ0n) is 17.9. The molecule has 1 aromatic heterocycles. The molecule has 5 nitrogen and oxygen atoms in total. The maximum absolute atomic E-state index is 12.2. The molecule has 0 saturated carbocycles. The summed E-state index contributed by atoms with van der Waals surface area (Å²) < 4.78 is 0. The highest BCUT2D eigenvalue weighted by Gasteiger charge is 2.11. The van der Waals surface area contributed by atoms with Crippen LogP contribution < -0.4 is 11.1 Å². The number of nitrogens with two attached hydrogens (primary N) is 1. The second-order valence-electron chi connectivity index (χ2n) is 7.40. The first-order chi connectivity index (χ1) is 15.5. The van der Waals surface area contributed by atoms with Crippen molar-refractivity contribution in [1.29, 1.82) is 0 Å². The molecule has 0 atom stereocenters. The summed E-state index contributed by atoms with van der Waals surface area (Å²) in [7, 11) is 0. The number of nitrogens with one attached hydrogen (secondary N) is 1. The SMILES string of the molecule is CSc1ccc(CC(=O)CCCCCNc2cc(-c3cccc(Cl)c3Cl)nc(N)n2)cc1. The van der Waals surface area contributed by atoms with Gasteiger partial charge >= 0.3 is 0 Å². The molecule has 0 aliphatic rings. The number of hydrogen-bond donors (Lipinski definition) is 2. The Hall–Kier alpha value is -2.28. The Morgan fingerprint density at radius 3 is 2.59 bits per heavy atom. The molecule has 2 aromatic carbocycles. The number of halogens is 2. The Kier molecular flexibility index (Phi) is 9.21. The number of ketones is 1. The Morgan fingerprint density at radius 1 is 1.06 bits per heavy atom. The van der Waals surface area contributed by atoms with Crippen LogP contribution >= 0.6 is 35.0 Å². The molecule has 32 heavy (non-hydrogen) atoms. The summed E-state index contributed by atoms with van der Waals surface area (Å²) in [6.45, 7) is 0.726. The van der Waals surface area contributed by atoms with Gasteiger partial charge in [-0.3, -0.25) is 4.79 Å². The summed E-state index contributed by atoms with van der Waals surface area (Å²) in [5, 5.41) is 4.17. The van der Waals surface area contributed by atoms with Gasteiger partial charge < -0.3 is 11.1 Å². The molecule has 168 valence electrons. The number of nitrogen functional groups attached to an aromatic ring is 1. The van der Waals surface area contributed by atoms with E-state index >= 15 is 0 Å². The van der Waals surface area contributed by atoms with Crippen LogP contribution in [0, 0.1) is 0 Å². The van der Waals surface area contributed by atoms with E-state index in [1.54, 1.807) is 23.9 Å². The van der Waals surface area contributed by atoms with E-state index in [-0.39, 0.29) is 11.7 Å². The van der Waals surface area contributed by atoms with Crippen LogP contribution in [0.1, 0.15) is 31.2 Å². The molecule has 1 heterocycles. The van der Waals surface area contributed by atoms with Crippen molar-refractivity contribution in [3.63, 3.8) is 0 Å². The van der Waals surface area contributed by atoms with Gasteiger partial charge in [0.15, 0.2) is 0 Å². The standard InChI is InChI=1S/C24H26Cl2N4OS/c1-32-18-11-9-16(10-12-18)14-17(31)6-3-2-4-13-28-22-15-21(29-24(27)30-22)19-7-5-8-20(25)23(19)26/h5,7-12,15H,2-4,6,13-14H2,1H3,(H3,27,28,29,30). The van der Waals surface area contributed by atoms with Gasteiger partial charge in [0.05, 0.1) is 15.7 Å². The molecule has 0 saturated heterocycles. The largest absolute Gasteiger partial charge is 0.370 e. The van der Waals surface area contributed by atoms with Crippen molar-refractivity contribution in [2.75, 3.05) is 23.9 Å². The number of nitrogens with zero attached hydrogens (tertiary/aromatic N) is 2. The van der Waals surface area contributed by atoms with E-state index in [0.717, 1.165) is 31.4 Å². The minimum absolute atomic E-state index is 0.164. The normalized spacial score (nSPS) is 10.8. The van der Waals surface area contributed by atoms with Gasteiger partial charge in [0, 0.05) is 35.9 Å². The monoisotopic (exact) mass is 488 g/mol. The number of carbonyl (C=O) groups is 1. The van der Waals surface area contributed by atoms with Crippen LogP contribution in [0.2, 0.25) is 10.0 Å². The molecule has 0 amide bonds. The van der Waals surface area contributed by atoms with Crippen LogP contribution in [0.5, 0.6) is 0 Å². The van der Waals surface area contributed by atoms with E-state index in [1.165, 1.54) is 4.90 Å². The van der Waals surface area contributed by atoms with E-state index < -0.39 is 0 Å². The van der Waals surface area contributed by atoms with E-state index in [1.807, 2.05) is 30.5 Å². The molecule has 3 aromatic rings. The molecular weight excluding hydrogens is 463 g/mol. The number of carbonyl (C=O) groups excluding carboxylic acids is 1. The Bertz CT molecular complexity index is 1060. The third-order valence-electron chi connectivity index (χ3n) is 4.97. The minimum atomic E-state index is 0.164. The molecule has 0 spiro atoms. The van der Waals surface area contributed by atoms with E-state index in [4.69, 9.17) is 28.9 Å². The fourth-order valence-electron chi connectivity index (χ4n) is 3.30. The van der Waals surface area contributed by atoms with Gasteiger partial charge in [0.1, 0.15) is 11.6 Å². The lowest BCUT2D eigenvalue weighted by Crippen LogP contribution is -2.07. The Balaban J connectivity index is 1.42. The lowest BCUT2D eigenvalue weighted by molar-refractivity contribution is -0.118. The minimum Gasteiger partial charge on any atom is -0.370 e. The molecular formula is C24H26Cl2N4OS. The summed E-state index contributed by atoms with van der Waals surface area (Å²) in [6, 6.07) is 15.4. The van der Waals surface area contributed by atoms with Crippen molar-refractivity contribution in [2.24, 2.45) is 0 Å². The highest BCUT2D eigenvalue weighted by Crippen LogP contribution is 2.33. The number of Topliss-reactive ketones (excluding diaryl/α,β-unsaturated/α-hetero) is 1. The molecule has 0 aliphatic carbocycles. The van der Waals surface area contributed by atoms with Gasteiger partial charge in [0.2, 0.25) is 5.95 Å². The lowest BCUT2D eigenvalue weighted by atomic mass is 10.0. The van der Waals surface area contributed by atoms with Crippen LogP contribution in [0.3, 0.4) is 0 Å². The summed E-state index contributed by atoms with van der Waals surface area (Å²) >= 11 is 14.1. The summed E-state index contributed by atoms with van der Waals surface area (Å²) in [6.07, 6.45) is 5.90. The van der Waals surface area contributed by atoms with E-state index in [2.05, 4.69) is 27.4 Å². The van der Waals surface area contributed by atoms with Crippen molar-refractivity contribution in [3.05, 3.63) is 64.1 Å². The van der Waals surface area contributed by atoms with Crippen LogP contribution in [-0.4, -0.2) is 28.6 Å². The Labute approximate surface area is 203 Å². The van der Waals surface area contributed by atoms with Crippen LogP contribution in [-0.2, 0) is 11.2 Å². The third kappa shape index (κ3) is 7.12. The second-order valence-corrected chi connectivity index (χ2v) is 9.06.